The van der Waals surface area contributed by atoms with E-state index < -0.39 is 5.97 Å². The zero-order valence-corrected chi connectivity index (χ0v) is 9.38. The fraction of sp³-hybridized carbons (Fsp3) is 0.100. The fourth-order valence-corrected chi connectivity index (χ4v) is 1.06. The predicted octanol–water partition coefficient (Wildman–Crippen LogP) is -0.522. The van der Waals surface area contributed by atoms with E-state index in [1.165, 1.54) is 12.3 Å². The van der Waals surface area contributed by atoms with Crippen molar-refractivity contribution in [3.05, 3.63) is 35.4 Å². The summed E-state index contributed by atoms with van der Waals surface area (Å²) in [5.41, 5.74) is 3.06. The number of aromatic carboxylic acids is 1. The molecule has 0 aliphatic heterocycles. The third kappa shape index (κ3) is 3.32. The molecule has 0 heterocycles. The molecule has 5 nitrogen and oxygen atoms in total. The van der Waals surface area contributed by atoms with Gasteiger partial charge in [0, 0.05) is 18.2 Å². The lowest BCUT2D eigenvalue weighted by atomic mass is 10.1. The lowest BCUT2D eigenvalue weighted by Crippen LogP contribution is -2.28. The van der Waals surface area contributed by atoms with Crippen LogP contribution in [-0.2, 0) is 0 Å². The Kier molecular flexibility index (Phi) is 4.41. The van der Waals surface area contributed by atoms with Crippen LogP contribution in [0.3, 0.4) is 0 Å². The van der Waals surface area contributed by atoms with Gasteiger partial charge in [0.2, 0.25) is 0 Å². The van der Waals surface area contributed by atoms with Gasteiger partial charge in [-0.15, -0.1) is 0 Å². The molecule has 1 aromatic carbocycles. The van der Waals surface area contributed by atoms with Gasteiger partial charge in [0.05, 0.1) is 12.2 Å². The van der Waals surface area contributed by atoms with Gasteiger partial charge in [-0.3, -0.25) is 5.43 Å². The van der Waals surface area contributed by atoms with Gasteiger partial charge in [0.25, 0.3) is 0 Å². The lowest BCUT2D eigenvalue weighted by molar-refractivity contribution is -0.255. The number of nitrogens with one attached hydrogen (secondary N) is 2. The van der Waals surface area contributed by atoms with Crippen molar-refractivity contribution in [1.29, 1.82) is 0 Å². The van der Waals surface area contributed by atoms with Gasteiger partial charge in [0.1, 0.15) is 0 Å². The highest BCUT2D eigenvalue weighted by molar-refractivity contribution is 7.80. The van der Waals surface area contributed by atoms with Crippen LogP contribution in [0.15, 0.2) is 29.4 Å². The van der Waals surface area contributed by atoms with E-state index in [0.717, 1.165) is 0 Å². The van der Waals surface area contributed by atoms with E-state index in [2.05, 4.69) is 15.8 Å². The molecule has 1 rings (SSSR count). The summed E-state index contributed by atoms with van der Waals surface area (Å²) in [5.74, 6) is -1.24. The topological polar surface area (TPSA) is 76.5 Å². The molecular weight excluding hydrogens is 226 g/mol. The van der Waals surface area contributed by atoms with Crippen molar-refractivity contribution in [2.24, 2.45) is 5.10 Å². The average Bonchev–Trinajstić information content (AvgIpc) is 2.29. The molecule has 0 amide bonds. The summed E-state index contributed by atoms with van der Waals surface area (Å²) in [6, 6.07) is 6.41. The molecule has 0 saturated heterocycles. The second kappa shape index (κ2) is 5.82. The molecule has 16 heavy (non-hydrogen) atoms. The number of thiocarbonyl (C=S) groups is 1. The van der Waals surface area contributed by atoms with Crippen LogP contribution in [0, 0.1) is 0 Å². The van der Waals surface area contributed by atoms with Crippen LogP contribution in [-0.4, -0.2) is 24.3 Å². The normalized spacial score (nSPS) is 10.1. The molecule has 84 valence electrons. The number of hydrazone groups is 1. The number of carbonyl (C=O) groups excluding carboxylic acids is 1. The van der Waals surface area contributed by atoms with E-state index >= 15 is 0 Å². The summed E-state index contributed by atoms with van der Waals surface area (Å²) >= 11 is 4.79. The van der Waals surface area contributed by atoms with Crippen LogP contribution in [0.1, 0.15) is 15.9 Å². The maximum Gasteiger partial charge on any atom is 0.186 e. The minimum absolute atomic E-state index is 0.0865. The van der Waals surface area contributed by atoms with E-state index in [9.17, 15) is 9.90 Å². The number of carboxylic acid groups (broad SMARTS) is 1. The van der Waals surface area contributed by atoms with Gasteiger partial charge in [-0.2, -0.15) is 5.10 Å². The van der Waals surface area contributed by atoms with Crippen molar-refractivity contribution >= 4 is 29.5 Å². The summed E-state index contributed by atoms with van der Waals surface area (Å²) in [7, 11) is 1.65. The molecule has 0 aliphatic carbocycles. The lowest BCUT2D eigenvalue weighted by Gasteiger charge is -2.05. The van der Waals surface area contributed by atoms with E-state index in [1.54, 1.807) is 25.2 Å². The first kappa shape index (κ1) is 12.1. The Hall–Kier alpha value is -1.95. The molecule has 0 unspecified atom stereocenters. The Morgan fingerprint density at radius 2 is 2.19 bits per heavy atom. The third-order valence-electron chi connectivity index (χ3n) is 1.78. The van der Waals surface area contributed by atoms with Crippen molar-refractivity contribution < 1.29 is 9.90 Å². The zero-order chi connectivity index (χ0) is 12.0. The first-order chi connectivity index (χ1) is 7.65. The number of benzene rings is 1. The molecule has 0 spiro atoms. The molecular formula is C10H10N3O2S-. The smallest absolute Gasteiger partial charge is 0.186 e. The molecule has 0 saturated carbocycles. The average molecular weight is 236 g/mol. The van der Waals surface area contributed by atoms with Gasteiger partial charge in [-0.25, -0.2) is 0 Å². The van der Waals surface area contributed by atoms with Crippen LogP contribution < -0.4 is 15.8 Å². The quantitative estimate of drug-likeness (QED) is 0.419. The number of carboxylic acids is 1. The molecule has 6 heteroatoms. The second-order valence-electron chi connectivity index (χ2n) is 2.82. The number of nitrogens with zero attached hydrogens (tertiary/aromatic N) is 1. The Morgan fingerprint density at radius 1 is 1.50 bits per heavy atom. The molecule has 0 fully saturated rings. The van der Waals surface area contributed by atoms with Crippen molar-refractivity contribution in [3.8, 4) is 0 Å². The summed E-state index contributed by atoms with van der Waals surface area (Å²) in [4.78, 5) is 10.7. The highest BCUT2D eigenvalue weighted by Gasteiger charge is 1.99. The number of carbonyl (C=O) groups is 1. The van der Waals surface area contributed by atoms with Gasteiger partial charge in [-0.05, 0) is 12.2 Å². The van der Waals surface area contributed by atoms with Crippen molar-refractivity contribution in [2.75, 3.05) is 7.05 Å². The van der Waals surface area contributed by atoms with Crippen molar-refractivity contribution in [1.82, 2.24) is 10.7 Å². The van der Waals surface area contributed by atoms with Crippen LogP contribution in [0.4, 0.5) is 0 Å². The standard InChI is InChI=1S/C10H11N3O2S/c1-11-10(16)13-12-6-7-4-2-3-5-8(7)9(14)15/h2-6H,1H3,(H,14,15)(H2,11,13,16)/p-1. The number of rotatable bonds is 3. The molecule has 0 aromatic heterocycles. The largest absolute Gasteiger partial charge is 0.545 e. The summed E-state index contributed by atoms with van der Waals surface area (Å²) < 4.78 is 0. The summed E-state index contributed by atoms with van der Waals surface area (Å²) in [6.07, 6.45) is 1.37. The predicted molar refractivity (Wildman–Crippen MR) is 63.2 cm³/mol. The van der Waals surface area contributed by atoms with Crippen LogP contribution >= 0.6 is 12.2 Å². The Bertz CT molecular complexity index is 432. The summed E-state index contributed by atoms with van der Waals surface area (Å²) in [6.45, 7) is 0. The first-order valence-corrected chi connectivity index (χ1v) is 4.87. The van der Waals surface area contributed by atoms with Crippen LogP contribution in [0.25, 0.3) is 0 Å². The van der Waals surface area contributed by atoms with Crippen molar-refractivity contribution in [2.45, 2.75) is 0 Å². The maximum absolute atomic E-state index is 10.7. The molecule has 0 radical (unpaired) electrons. The monoisotopic (exact) mass is 236 g/mol. The second-order valence-corrected chi connectivity index (χ2v) is 3.23. The number of hydrogen-bond acceptors (Lipinski definition) is 4. The molecule has 0 bridgehead atoms. The van der Waals surface area contributed by atoms with Gasteiger partial charge < -0.3 is 15.2 Å². The Morgan fingerprint density at radius 3 is 2.81 bits per heavy atom. The zero-order valence-electron chi connectivity index (χ0n) is 8.56. The van der Waals surface area contributed by atoms with Gasteiger partial charge in [-0.1, -0.05) is 24.3 Å². The summed E-state index contributed by atoms with van der Waals surface area (Å²) in [5, 5.41) is 17.5. The molecule has 2 N–H and O–H groups in total. The van der Waals surface area contributed by atoms with Crippen molar-refractivity contribution in [3.63, 3.8) is 0 Å². The molecule has 0 atom stereocenters. The van der Waals surface area contributed by atoms with E-state index in [-0.39, 0.29) is 5.56 Å². The SMILES string of the molecule is CNC(=S)NN=Cc1ccccc1C(=O)[O-]. The van der Waals surface area contributed by atoms with Crippen LogP contribution in [0.2, 0.25) is 0 Å². The fourth-order valence-electron chi connectivity index (χ4n) is 1.01. The highest BCUT2D eigenvalue weighted by atomic mass is 32.1. The number of hydrogen-bond donors (Lipinski definition) is 2. The maximum atomic E-state index is 10.7. The minimum atomic E-state index is -1.24. The van der Waals surface area contributed by atoms with Crippen LogP contribution in [0.5, 0.6) is 0 Å². The van der Waals surface area contributed by atoms with Gasteiger partial charge >= 0.3 is 0 Å². The minimum Gasteiger partial charge on any atom is -0.545 e. The Balaban J connectivity index is 2.80. The van der Waals surface area contributed by atoms with E-state index in [4.69, 9.17) is 12.2 Å². The first-order valence-electron chi connectivity index (χ1n) is 4.46. The third-order valence-corrected chi connectivity index (χ3v) is 2.07. The van der Waals surface area contributed by atoms with E-state index in [1.807, 2.05) is 0 Å². The van der Waals surface area contributed by atoms with E-state index in [0.29, 0.717) is 10.7 Å². The Labute approximate surface area is 98.2 Å². The molecule has 0 aliphatic rings. The highest BCUT2D eigenvalue weighted by Crippen LogP contribution is 2.04. The molecule has 1 aromatic rings. The van der Waals surface area contributed by atoms with Gasteiger partial charge in [0.15, 0.2) is 5.11 Å².